The van der Waals surface area contributed by atoms with Crippen molar-refractivity contribution in [2.75, 3.05) is 19.5 Å². The van der Waals surface area contributed by atoms with Crippen molar-refractivity contribution in [2.24, 2.45) is 5.41 Å². The first kappa shape index (κ1) is 17.4. The standard InChI is InChI=1S/C18H20N2O4S/c1-18(2)8-11-15(12(21)9-18)25-17(19-11)20-16(22)10-5-6-13(23-3)14(7-10)24-4/h5-7H,8-9H2,1-4H3,(H,19,20,22). The molecule has 7 heteroatoms. The van der Waals surface area contributed by atoms with Gasteiger partial charge in [-0.25, -0.2) is 4.98 Å². The molecule has 0 aliphatic heterocycles. The monoisotopic (exact) mass is 360 g/mol. The predicted octanol–water partition coefficient (Wildman–Crippen LogP) is 3.57. The Morgan fingerprint density at radius 2 is 1.92 bits per heavy atom. The molecule has 1 N–H and O–H groups in total. The minimum Gasteiger partial charge on any atom is -0.493 e. The van der Waals surface area contributed by atoms with E-state index in [0.29, 0.717) is 33.5 Å². The van der Waals surface area contributed by atoms with Crippen LogP contribution < -0.4 is 14.8 Å². The molecule has 25 heavy (non-hydrogen) atoms. The molecule has 0 saturated heterocycles. The lowest BCUT2D eigenvalue weighted by Gasteiger charge is -2.26. The van der Waals surface area contributed by atoms with Crippen LogP contribution in [0.3, 0.4) is 0 Å². The molecule has 2 aromatic rings. The van der Waals surface area contributed by atoms with Crippen LogP contribution in [-0.2, 0) is 6.42 Å². The number of aromatic nitrogens is 1. The van der Waals surface area contributed by atoms with Gasteiger partial charge in [0, 0.05) is 12.0 Å². The molecular weight excluding hydrogens is 340 g/mol. The Kier molecular flexibility index (Phi) is 4.51. The first-order valence-corrected chi connectivity index (χ1v) is 8.71. The average molecular weight is 360 g/mol. The third kappa shape index (κ3) is 3.51. The molecule has 1 amide bonds. The van der Waals surface area contributed by atoms with Crippen molar-refractivity contribution in [1.82, 2.24) is 4.98 Å². The zero-order valence-electron chi connectivity index (χ0n) is 14.6. The Balaban J connectivity index is 1.82. The van der Waals surface area contributed by atoms with Crippen molar-refractivity contribution < 1.29 is 19.1 Å². The van der Waals surface area contributed by atoms with Gasteiger partial charge < -0.3 is 9.47 Å². The molecule has 0 saturated carbocycles. The Morgan fingerprint density at radius 3 is 2.60 bits per heavy atom. The number of ether oxygens (including phenoxy) is 2. The number of rotatable bonds is 4. The fourth-order valence-corrected chi connectivity index (χ4v) is 3.83. The number of hydrogen-bond donors (Lipinski definition) is 1. The molecule has 1 heterocycles. The summed E-state index contributed by atoms with van der Waals surface area (Å²) in [5.41, 5.74) is 1.11. The Hall–Kier alpha value is -2.41. The highest BCUT2D eigenvalue weighted by atomic mass is 32.1. The SMILES string of the molecule is COc1ccc(C(=O)Nc2nc3c(s2)C(=O)CC(C)(C)C3)cc1OC. The molecule has 0 bridgehead atoms. The van der Waals surface area contributed by atoms with Crippen LogP contribution in [0.5, 0.6) is 11.5 Å². The first-order valence-electron chi connectivity index (χ1n) is 7.89. The molecule has 1 aliphatic carbocycles. The van der Waals surface area contributed by atoms with Crippen molar-refractivity contribution in [3.05, 3.63) is 34.3 Å². The molecule has 0 atom stereocenters. The summed E-state index contributed by atoms with van der Waals surface area (Å²) in [7, 11) is 3.05. The van der Waals surface area contributed by atoms with Gasteiger partial charge in [-0.2, -0.15) is 0 Å². The van der Waals surface area contributed by atoms with E-state index < -0.39 is 0 Å². The van der Waals surface area contributed by atoms with E-state index in [9.17, 15) is 9.59 Å². The van der Waals surface area contributed by atoms with Gasteiger partial charge >= 0.3 is 0 Å². The van der Waals surface area contributed by atoms with Gasteiger partial charge in [-0.05, 0) is 30.0 Å². The summed E-state index contributed by atoms with van der Waals surface area (Å²) in [6.45, 7) is 4.10. The molecule has 0 fully saturated rings. The Labute approximate surface area is 150 Å². The van der Waals surface area contributed by atoms with Crippen LogP contribution in [0, 0.1) is 5.41 Å². The van der Waals surface area contributed by atoms with Crippen molar-refractivity contribution in [3.63, 3.8) is 0 Å². The number of ketones is 1. The van der Waals surface area contributed by atoms with Crippen molar-refractivity contribution in [3.8, 4) is 11.5 Å². The van der Waals surface area contributed by atoms with E-state index in [1.165, 1.54) is 25.6 Å². The van der Waals surface area contributed by atoms with Gasteiger partial charge in [-0.1, -0.05) is 25.2 Å². The Morgan fingerprint density at radius 1 is 1.20 bits per heavy atom. The van der Waals surface area contributed by atoms with Crippen molar-refractivity contribution in [1.29, 1.82) is 0 Å². The number of amides is 1. The fourth-order valence-electron chi connectivity index (χ4n) is 2.92. The highest BCUT2D eigenvalue weighted by Crippen LogP contribution is 2.38. The zero-order chi connectivity index (χ0) is 18.2. The van der Waals surface area contributed by atoms with Gasteiger partial charge in [-0.15, -0.1) is 0 Å². The topological polar surface area (TPSA) is 77.5 Å². The van der Waals surface area contributed by atoms with Crippen LogP contribution in [0.4, 0.5) is 5.13 Å². The molecule has 1 aromatic heterocycles. The molecule has 6 nitrogen and oxygen atoms in total. The van der Waals surface area contributed by atoms with E-state index in [2.05, 4.69) is 24.1 Å². The van der Waals surface area contributed by atoms with E-state index in [1.54, 1.807) is 18.2 Å². The Bertz CT molecular complexity index is 842. The smallest absolute Gasteiger partial charge is 0.257 e. The highest BCUT2D eigenvalue weighted by Gasteiger charge is 2.34. The summed E-state index contributed by atoms with van der Waals surface area (Å²) < 4.78 is 10.4. The number of Topliss-reactive ketones (excluding diaryl/α,β-unsaturated/α-hetero) is 1. The fraction of sp³-hybridized carbons (Fsp3) is 0.389. The second kappa shape index (κ2) is 6.48. The van der Waals surface area contributed by atoms with Crippen molar-refractivity contribution in [2.45, 2.75) is 26.7 Å². The molecule has 0 radical (unpaired) electrons. The zero-order valence-corrected chi connectivity index (χ0v) is 15.5. The summed E-state index contributed by atoms with van der Waals surface area (Å²) >= 11 is 1.24. The lowest BCUT2D eigenvalue weighted by atomic mass is 9.78. The van der Waals surface area contributed by atoms with E-state index in [0.717, 1.165) is 12.1 Å². The van der Waals surface area contributed by atoms with Crippen molar-refractivity contribution >= 4 is 28.2 Å². The number of benzene rings is 1. The van der Waals surface area contributed by atoms with Gasteiger partial charge in [0.05, 0.1) is 24.8 Å². The van der Waals surface area contributed by atoms with Gasteiger partial charge in [0.25, 0.3) is 5.91 Å². The van der Waals surface area contributed by atoms with Gasteiger partial charge in [0.2, 0.25) is 0 Å². The number of carbonyl (C=O) groups excluding carboxylic acids is 2. The summed E-state index contributed by atoms with van der Waals surface area (Å²) in [5, 5.41) is 3.21. The van der Waals surface area contributed by atoms with Crippen LogP contribution in [0.15, 0.2) is 18.2 Å². The third-order valence-corrected chi connectivity index (χ3v) is 5.16. The first-order chi connectivity index (χ1) is 11.8. The molecular formula is C18H20N2O4S. The molecule has 1 aromatic carbocycles. The summed E-state index contributed by atoms with van der Waals surface area (Å²) in [5.74, 6) is 0.816. The van der Waals surface area contributed by atoms with Crippen LogP contribution in [0.25, 0.3) is 0 Å². The van der Waals surface area contributed by atoms with E-state index in [-0.39, 0.29) is 17.1 Å². The largest absolute Gasteiger partial charge is 0.493 e. The number of nitrogens with zero attached hydrogens (tertiary/aromatic N) is 1. The predicted molar refractivity (Wildman–Crippen MR) is 96.0 cm³/mol. The molecule has 0 unspecified atom stereocenters. The van der Waals surface area contributed by atoms with E-state index in [1.807, 2.05) is 0 Å². The van der Waals surface area contributed by atoms with Gasteiger partial charge in [-0.3, -0.25) is 14.9 Å². The molecule has 3 rings (SSSR count). The third-order valence-electron chi connectivity index (χ3n) is 4.10. The number of hydrogen-bond acceptors (Lipinski definition) is 6. The normalized spacial score (nSPS) is 15.4. The number of thiazole rings is 1. The number of methoxy groups -OCH3 is 2. The lowest BCUT2D eigenvalue weighted by Crippen LogP contribution is -2.26. The second-order valence-corrected chi connectivity index (χ2v) is 7.76. The van der Waals surface area contributed by atoms with Crippen LogP contribution in [-0.4, -0.2) is 30.9 Å². The number of nitrogens with one attached hydrogen (secondary N) is 1. The number of carbonyl (C=O) groups is 2. The molecule has 1 aliphatic rings. The summed E-state index contributed by atoms with van der Waals surface area (Å²) in [6, 6.07) is 4.93. The van der Waals surface area contributed by atoms with Crippen LogP contribution in [0.1, 0.15) is 46.0 Å². The van der Waals surface area contributed by atoms with E-state index >= 15 is 0 Å². The number of fused-ring (bicyclic) bond motifs is 1. The van der Waals surface area contributed by atoms with E-state index in [4.69, 9.17) is 9.47 Å². The minimum absolute atomic E-state index is 0.0929. The maximum atomic E-state index is 12.5. The van der Waals surface area contributed by atoms with Gasteiger partial charge in [0.15, 0.2) is 22.4 Å². The molecule has 132 valence electrons. The maximum absolute atomic E-state index is 12.5. The molecule has 0 spiro atoms. The van der Waals surface area contributed by atoms with Gasteiger partial charge in [0.1, 0.15) is 0 Å². The second-order valence-electron chi connectivity index (χ2n) is 6.76. The summed E-state index contributed by atoms with van der Waals surface area (Å²) in [4.78, 5) is 29.8. The number of anilines is 1. The highest BCUT2D eigenvalue weighted by molar-refractivity contribution is 7.17. The minimum atomic E-state index is -0.307. The van der Waals surface area contributed by atoms with Crippen LogP contribution in [0.2, 0.25) is 0 Å². The summed E-state index contributed by atoms with van der Waals surface area (Å²) in [6.07, 6.45) is 1.24. The van der Waals surface area contributed by atoms with Crippen LogP contribution >= 0.6 is 11.3 Å². The lowest BCUT2D eigenvalue weighted by molar-refractivity contribution is 0.0915. The average Bonchev–Trinajstić information content (AvgIpc) is 2.95. The quantitative estimate of drug-likeness (QED) is 0.902. The maximum Gasteiger partial charge on any atom is 0.257 e.